The van der Waals surface area contributed by atoms with Crippen LogP contribution in [0.15, 0.2) is 63.9 Å². The molecule has 0 spiro atoms. The number of hydrogen-bond donors (Lipinski definition) is 0. The predicted molar refractivity (Wildman–Crippen MR) is 109 cm³/mol. The fourth-order valence-corrected chi connectivity index (χ4v) is 3.22. The normalized spacial score (nSPS) is 11.3. The van der Waals surface area contributed by atoms with Crippen LogP contribution in [-0.4, -0.2) is 12.1 Å². The summed E-state index contributed by atoms with van der Waals surface area (Å²) in [4.78, 5) is 16.8. The number of pyridine rings is 1. The van der Waals surface area contributed by atoms with Gasteiger partial charge in [0, 0.05) is 23.0 Å². The second-order valence-electron chi connectivity index (χ2n) is 6.96. The van der Waals surface area contributed by atoms with Crippen LogP contribution in [-0.2, 0) is 6.61 Å². The third kappa shape index (κ3) is 3.31. The van der Waals surface area contributed by atoms with Gasteiger partial charge in [-0.15, -0.1) is 0 Å². The average Bonchev–Trinajstić information content (AvgIpc) is 2.72. The maximum absolute atomic E-state index is 12.6. The molecule has 0 aliphatic carbocycles. The Labute approximate surface area is 162 Å². The maximum atomic E-state index is 12.6. The molecule has 0 amide bonds. The van der Waals surface area contributed by atoms with Gasteiger partial charge in [-0.1, -0.05) is 32.0 Å². The van der Waals surface area contributed by atoms with E-state index in [0.717, 1.165) is 22.0 Å². The van der Waals surface area contributed by atoms with Gasteiger partial charge < -0.3 is 13.9 Å². The minimum absolute atomic E-state index is 0.290. The summed E-state index contributed by atoms with van der Waals surface area (Å²) in [5, 5.41) is 2.22. The number of ether oxygens (including phenoxy) is 2. The number of nitrogens with zero attached hydrogens (tertiary/aromatic N) is 1. The first-order valence-electron chi connectivity index (χ1n) is 9.18. The molecule has 0 unspecified atom stereocenters. The van der Waals surface area contributed by atoms with Crippen LogP contribution in [0.3, 0.4) is 0 Å². The Morgan fingerprint density at radius 1 is 1.00 bits per heavy atom. The average molecular weight is 375 g/mol. The van der Waals surface area contributed by atoms with E-state index in [-0.39, 0.29) is 12.2 Å². The number of benzene rings is 2. The molecule has 142 valence electrons. The second-order valence-corrected chi connectivity index (χ2v) is 6.96. The highest BCUT2D eigenvalue weighted by atomic mass is 16.5. The molecule has 0 saturated carbocycles. The van der Waals surface area contributed by atoms with Crippen LogP contribution in [0.4, 0.5) is 0 Å². The zero-order valence-electron chi connectivity index (χ0n) is 16.1. The molecule has 0 saturated heterocycles. The summed E-state index contributed by atoms with van der Waals surface area (Å²) in [5.41, 5.74) is 2.00. The van der Waals surface area contributed by atoms with Gasteiger partial charge in [-0.05, 0) is 35.7 Å². The SMILES string of the molecule is COc1cc2c(cc1OCc1ccccn1)oc(=O)c1cc(C(C)C)ccc12. The van der Waals surface area contributed by atoms with Crippen LogP contribution >= 0.6 is 0 Å². The smallest absolute Gasteiger partial charge is 0.344 e. The lowest BCUT2D eigenvalue weighted by atomic mass is 9.98. The van der Waals surface area contributed by atoms with E-state index >= 15 is 0 Å². The van der Waals surface area contributed by atoms with Crippen molar-refractivity contribution in [2.45, 2.75) is 26.4 Å². The molecule has 0 N–H and O–H groups in total. The van der Waals surface area contributed by atoms with E-state index in [1.807, 2.05) is 42.5 Å². The van der Waals surface area contributed by atoms with Crippen molar-refractivity contribution in [1.82, 2.24) is 4.98 Å². The highest BCUT2D eigenvalue weighted by Gasteiger charge is 2.14. The van der Waals surface area contributed by atoms with Gasteiger partial charge in [-0.25, -0.2) is 4.79 Å². The first-order valence-corrected chi connectivity index (χ1v) is 9.18. The first kappa shape index (κ1) is 18.0. The van der Waals surface area contributed by atoms with Crippen LogP contribution < -0.4 is 15.1 Å². The topological polar surface area (TPSA) is 61.6 Å². The highest BCUT2D eigenvalue weighted by molar-refractivity contribution is 6.05. The van der Waals surface area contributed by atoms with Crippen molar-refractivity contribution in [3.05, 3.63) is 76.4 Å². The van der Waals surface area contributed by atoms with Gasteiger partial charge in [0.25, 0.3) is 0 Å². The summed E-state index contributed by atoms with van der Waals surface area (Å²) in [6, 6.07) is 15.1. The maximum Gasteiger partial charge on any atom is 0.344 e. The Morgan fingerprint density at radius 2 is 1.86 bits per heavy atom. The Balaban J connectivity index is 1.82. The van der Waals surface area contributed by atoms with Crippen molar-refractivity contribution < 1.29 is 13.9 Å². The van der Waals surface area contributed by atoms with Crippen LogP contribution in [0.25, 0.3) is 21.7 Å². The molecule has 2 heterocycles. The number of hydrogen-bond acceptors (Lipinski definition) is 5. The lowest BCUT2D eigenvalue weighted by molar-refractivity contribution is 0.281. The molecule has 4 aromatic rings. The summed E-state index contributed by atoms with van der Waals surface area (Å²) in [7, 11) is 1.59. The molecular weight excluding hydrogens is 354 g/mol. The van der Waals surface area contributed by atoms with Crippen molar-refractivity contribution >= 4 is 21.7 Å². The fraction of sp³-hybridized carbons (Fsp3) is 0.217. The Hall–Kier alpha value is -3.34. The molecular formula is C23H21NO4. The Morgan fingerprint density at radius 3 is 2.57 bits per heavy atom. The molecule has 0 fully saturated rings. The summed E-state index contributed by atoms with van der Waals surface area (Å²) < 4.78 is 17.0. The zero-order valence-corrected chi connectivity index (χ0v) is 16.1. The zero-order chi connectivity index (χ0) is 19.7. The lowest BCUT2D eigenvalue weighted by Crippen LogP contribution is -2.03. The standard InChI is InChI=1S/C23H21NO4/c1-14(2)15-7-8-17-18-11-21(26-3)22(27-13-16-6-4-5-9-24-16)12-20(18)28-23(25)19(17)10-15/h4-12,14H,13H2,1-3H3. The molecule has 0 aliphatic heterocycles. The van der Waals surface area contributed by atoms with Gasteiger partial charge in [0.2, 0.25) is 0 Å². The van der Waals surface area contributed by atoms with E-state index in [9.17, 15) is 4.79 Å². The highest BCUT2D eigenvalue weighted by Crippen LogP contribution is 2.35. The van der Waals surface area contributed by atoms with E-state index in [4.69, 9.17) is 13.9 Å². The van der Waals surface area contributed by atoms with E-state index in [2.05, 4.69) is 18.8 Å². The molecule has 5 nitrogen and oxygen atoms in total. The number of fused-ring (bicyclic) bond motifs is 3. The molecule has 0 atom stereocenters. The molecule has 4 rings (SSSR count). The minimum Gasteiger partial charge on any atom is -0.493 e. The van der Waals surface area contributed by atoms with Gasteiger partial charge in [-0.3, -0.25) is 4.98 Å². The number of methoxy groups -OCH3 is 1. The lowest BCUT2D eigenvalue weighted by Gasteiger charge is -2.13. The quantitative estimate of drug-likeness (QED) is 0.361. The Kier molecular flexibility index (Phi) is 4.74. The molecule has 28 heavy (non-hydrogen) atoms. The summed E-state index contributed by atoms with van der Waals surface area (Å²) in [5.74, 6) is 1.41. The van der Waals surface area contributed by atoms with Gasteiger partial charge in [0.15, 0.2) is 11.5 Å². The van der Waals surface area contributed by atoms with E-state index in [1.165, 1.54) is 0 Å². The molecule has 0 aliphatic rings. The van der Waals surface area contributed by atoms with Gasteiger partial charge in [0.05, 0.1) is 18.2 Å². The summed E-state index contributed by atoms with van der Waals surface area (Å²) >= 11 is 0. The minimum atomic E-state index is -0.356. The van der Waals surface area contributed by atoms with Crippen LogP contribution in [0.2, 0.25) is 0 Å². The molecule has 0 radical (unpaired) electrons. The summed E-state index contributed by atoms with van der Waals surface area (Å²) in [6.07, 6.45) is 1.72. The van der Waals surface area contributed by atoms with E-state index < -0.39 is 0 Å². The number of aromatic nitrogens is 1. The summed E-state index contributed by atoms with van der Waals surface area (Å²) in [6.45, 7) is 4.48. The van der Waals surface area contributed by atoms with Crippen molar-refractivity contribution in [2.75, 3.05) is 7.11 Å². The van der Waals surface area contributed by atoms with Crippen molar-refractivity contribution in [3.63, 3.8) is 0 Å². The molecule has 2 aromatic carbocycles. The third-order valence-corrected chi connectivity index (χ3v) is 4.79. The largest absolute Gasteiger partial charge is 0.493 e. The first-order chi connectivity index (χ1) is 13.6. The molecule has 0 bridgehead atoms. The third-order valence-electron chi connectivity index (χ3n) is 4.79. The molecule has 2 aromatic heterocycles. The van der Waals surface area contributed by atoms with Crippen molar-refractivity contribution in [2.24, 2.45) is 0 Å². The van der Waals surface area contributed by atoms with Crippen molar-refractivity contribution in [3.8, 4) is 11.5 Å². The van der Waals surface area contributed by atoms with Crippen LogP contribution in [0, 0.1) is 0 Å². The van der Waals surface area contributed by atoms with E-state index in [0.29, 0.717) is 28.4 Å². The fourth-order valence-electron chi connectivity index (χ4n) is 3.22. The Bertz CT molecular complexity index is 1200. The van der Waals surface area contributed by atoms with Crippen LogP contribution in [0.1, 0.15) is 31.0 Å². The van der Waals surface area contributed by atoms with E-state index in [1.54, 1.807) is 19.4 Å². The van der Waals surface area contributed by atoms with Gasteiger partial charge in [0.1, 0.15) is 12.2 Å². The van der Waals surface area contributed by atoms with Gasteiger partial charge >= 0.3 is 5.63 Å². The number of rotatable bonds is 5. The monoisotopic (exact) mass is 375 g/mol. The van der Waals surface area contributed by atoms with Crippen molar-refractivity contribution in [1.29, 1.82) is 0 Å². The van der Waals surface area contributed by atoms with Crippen LogP contribution in [0.5, 0.6) is 11.5 Å². The molecule has 5 heteroatoms. The predicted octanol–water partition coefficient (Wildman–Crippen LogP) is 5.05. The second kappa shape index (κ2) is 7.35. The van der Waals surface area contributed by atoms with Gasteiger partial charge in [-0.2, -0.15) is 0 Å².